The molecule has 0 atom stereocenters. The molecule has 1 fully saturated rings. The average Bonchev–Trinajstić information content (AvgIpc) is 2.34. The van der Waals surface area contributed by atoms with Gasteiger partial charge in [-0.15, -0.1) is 0 Å². The van der Waals surface area contributed by atoms with Gasteiger partial charge in [-0.25, -0.2) is 0 Å². The Morgan fingerprint density at radius 3 is 2.68 bits per heavy atom. The maximum Gasteiger partial charge on any atom is 0.248 e. The number of benzene rings is 1. The summed E-state index contributed by atoms with van der Waals surface area (Å²) in [5.41, 5.74) is 5.06. The summed E-state index contributed by atoms with van der Waals surface area (Å²) in [5.74, 6) is -0.472. The van der Waals surface area contributed by atoms with E-state index in [4.69, 9.17) is 11.0 Å². The maximum absolute atomic E-state index is 12.1. The largest absolute Gasteiger partial charge is 0.366 e. The Hall–Kier alpha value is -2.35. The molecular weight excluding hydrogens is 242 g/mol. The minimum atomic E-state index is -0.928. The van der Waals surface area contributed by atoms with E-state index in [2.05, 4.69) is 11.4 Å². The molecule has 1 saturated carbocycles. The van der Waals surface area contributed by atoms with E-state index in [0.29, 0.717) is 30.0 Å². The second kappa shape index (κ2) is 4.73. The van der Waals surface area contributed by atoms with Gasteiger partial charge >= 0.3 is 0 Å². The third-order valence-corrected chi connectivity index (χ3v) is 3.45. The van der Waals surface area contributed by atoms with Gasteiger partial charge in [-0.3, -0.25) is 9.59 Å². The van der Waals surface area contributed by atoms with Crippen LogP contribution in [-0.4, -0.2) is 11.8 Å². The molecule has 5 heteroatoms. The van der Waals surface area contributed by atoms with Gasteiger partial charge in [0, 0.05) is 11.3 Å². The predicted octanol–water partition coefficient (Wildman–Crippen LogP) is 1.66. The first-order chi connectivity index (χ1) is 8.97. The first-order valence-electron chi connectivity index (χ1n) is 6.09. The highest BCUT2D eigenvalue weighted by Gasteiger charge is 2.48. The molecule has 0 aromatic heterocycles. The van der Waals surface area contributed by atoms with E-state index < -0.39 is 11.3 Å². The minimum Gasteiger partial charge on any atom is -0.366 e. The van der Waals surface area contributed by atoms with E-state index in [1.54, 1.807) is 18.2 Å². The van der Waals surface area contributed by atoms with Gasteiger partial charge in [-0.05, 0) is 37.0 Å². The Kier molecular flexibility index (Phi) is 3.26. The fourth-order valence-corrected chi connectivity index (χ4v) is 2.46. The summed E-state index contributed by atoms with van der Waals surface area (Å²) in [4.78, 5) is 23.2. The number of carbonyl (C=O) groups excluding carboxylic acids is 2. The lowest BCUT2D eigenvalue weighted by molar-refractivity contribution is -0.128. The van der Waals surface area contributed by atoms with Crippen molar-refractivity contribution in [3.05, 3.63) is 29.8 Å². The molecule has 0 bridgehead atoms. The molecule has 0 unspecified atom stereocenters. The first kappa shape index (κ1) is 13.1. The summed E-state index contributed by atoms with van der Waals surface area (Å²) in [5, 5.41) is 11.8. The monoisotopic (exact) mass is 257 g/mol. The zero-order valence-corrected chi connectivity index (χ0v) is 10.6. The number of nitrogens with zero attached hydrogens (tertiary/aromatic N) is 1. The van der Waals surface area contributed by atoms with Crippen molar-refractivity contribution in [2.45, 2.75) is 19.8 Å². The van der Waals surface area contributed by atoms with Crippen LogP contribution < -0.4 is 11.1 Å². The molecule has 19 heavy (non-hydrogen) atoms. The van der Waals surface area contributed by atoms with Gasteiger partial charge in [-0.1, -0.05) is 13.0 Å². The zero-order valence-electron chi connectivity index (χ0n) is 10.6. The van der Waals surface area contributed by atoms with E-state index in [9.17, 15) is 9.59 Å². The molecule has 1 aromatic carbocycles. The highest BCUT2D eigenvalue weighted by atomic mass is 16.2. The number of amides is 2. The van der Waals surface area contributed by atoms with E-state index in [-0.39, 0.29) is 5.91 Å². The molecule has 1 aliphatic carbocycles. The lowest BCUT2D eigenvalue weighted by atomic mass is 9.63. The van der Waals surface area contributed by atoms with Gasteiger partial charge in [0.1, 0.15) is 5.41 Å². The highest BCUT2D eigenvalue weighted by molar-refractivity contribution is 5.99. The molecule has 0 saturated heterocycles. The Morgan fingerprint density at radius 1 is 1.47 bits per heavy atom. The molecule has 2 amide bonds. The third-order valence-electron chi connectivity index (χ3n) is 3.45. The van der Waals surface area contributed by atoms with Gasteiger partial charge in [-0.2, -0.15) is 5.26 Å². The number of rotatable bonds is 3. The first-order valence-corrected chi connectivity index (χ1v) is 6.09. The molecular formula is C14H15N3O2. The molecule has 2 rings (SSSR count). The van der Waals surface area contributed by atoms with Crippen molar-refractivity contribution in [2.75, 3.05) is 5.32 Å². The fraction of sp³-hybridized carbons (Fsp3) is 0.357. The lowest BCUT2D eigenvalue weighted by Gasteiger charge is -2.39. The fourth-order valence-electron chi connectivity index (χ4n) is 2.46. The average molecular weight is 257 g/mol. The van der Waals surface area contributed by atoms with Crippen LogP contribution >= 0.6 is 0 Å². The Morgan fingerprint density at radius 2 is 2.16 bits per heavy atom. The molecule has 0 spiro atoms. The van der Waals surface area contributed by atoms with Gasteiger partial charge in [0.2, 0.25) is 11.8 Å². The summed E-state index contributed by atoms with van der Waals surface area (Å²) in [6.45, 7) is 2.01. The van der Waals surface area contributed by atoms with Crippen molar-refractivity contribution in [1.29, 1.82) is 5.26 Å². The van der Waals surface area contributed by atoms with Crippen LogP contribution in [0.25, 0.3) is 0 Å². The van der Waals surface area contributed by atoms with Crippen LogP contribution in [0.3, 0.4) is 0 Å². The van der Waals surface area contributed by atoms with E-state index in [1.807, 2.05) is 6.92 Å². The van der Waals surface area contributed by atoms with Gasteiger partial charge in [0.25, 0.3) is 0 Å². The minimum absolute atomic E-state index is 0.310. The number of nitrogens with two attached hydrogens (primary N) is 1. The van der Waals surface area contributed by atoms with Gasteiger partial charge in [0.05, 0.1) is 6.07 Å². The van der Waals surface area contributed by atoms with Crippen LogP contribution in [0.15, 0.2) is 24.3 Å². The number of primary amides is 1. The van der Waals surface area contributed by atoms with E-state index >= 15 is 0 Å². The van der Waals surface area contributed by atoms with Crippen LogP contribution in [0.2, 0.25) is 0 Å². The number of anilines is 1. The van der Waals surface area contributed by atoms with E-state index in [0.717, 1.165) is 0 Å². The van der Waals surface area contributed by atoms with Crippen molar-refractivity contribution >= 4 is 17.5 Å². The Balaban J connectivity index is 2.13. The third kappa shape index (κ3) is 2.43. The number of nitriles is 1. The Labute approximate surface area is 111 Å². The van der Waals surface area contributed by atoms with Crippen molar-refractivity contribution in [3.8, 4) is 6.07 Å². The molecule has 0 heterocycles. The molecule has 98 valence electrons. The standard InChI is InChI=1S/C14H15N3O2/c1-9-6-14(7-9,8-15)13(19)17-11-4-2-3-10(5-11)12(16)18/h2-5,9H,6-7H2,1H3,(H2,16,18)(H,17,19). The number of carbonyl (C=O) groups is 2. The van der Waals surface area contributed by atoms with Crippen molar-refractivity contribution < 1.29 is 9.59 Å². The summed E-state index contributed by atoms with van der Waals surface area (Å²) >= 11 is 0. The predicted molar refractivity (Wildman–Crippen MR) is 70.0 cm³/mol. The zero-order chi connectivity index (χ0) is 14.0. The highest BCUT2D eigenvalue weighted by Crippen LogP contribution is 2.45. The summed E-state index contributed by atoms with van der Waals surface area (Å²) in [7, 11) is 0. The molecule has 1 aromatic rings. The van der Waals surface area contributed by atoms with Crippen LogP contribution in [0, 0.1) is 22.7 Å². The lowest BCUT2D eigenvalue weighted by Crippen LogP contribution is -2.45. The van der Waals surface area contributed by atoms with Crippen LogP contribution in [0.5, 0.6) is 0 Å². The SMILES string of the molecule is CC1CC(C#N)(C(=O)Nc2cccc(C(N)=O)c2)C1. The van der Waals surface area contributed by atoms with E-state index in [1.165, 1.54) is 6.07 Å². The summed E-state index contributed by atoms with van der Waals surface area (Å²) < 4.78 is 0. The summed E-state index contributed by atoms with van der Waals surface area (Å²) in [6.07, 6.45) is 1.15. The van der Waals surface area contributed by atoms with Crippen molar-refractivity contribution in [3.63, 3.8) is 0 Å². The second-order valence-corrected chi connectivity index (χ2v) is 5.11. The molecule has 5 nitrogen and oxygen atoms in total. The smallest absolute Gasteiger partial charge is 0.248 e. The second-order valence-electron chi connectivity index (χ2n) is 5.11. The summed E-state index contributed by atoms with van der Waals surface area (Å²) in [6, 6.07) is 8.48. The van der Waals surface area contributed by atoms with Crippen LogP contribution in [-0.2, 0) is 4.79 Å². The molecule has 0 radical (unpaired) electrons. The van der Waals surface area contributed by atoms with Crippen LogP contribution in [0.1, 0.15) is 30.1 Å². The molecule has 0 aliphatic heterocycles. The van der Waals surface area contributed by atoms with Crippen molar-refractivity contribution in [2.24, 2.45) is 17.1 Å². The van der Waals surface area contributed by atoms with Gasteiger partial charge in [0.15, 0.2) is 0 Å². The number of hydrogen-bond acceptors (Lipinski definition) is 3. The van der Waals surface area contributed by atoms with Crippen molar-refractivity contribution in [1.82, 2.24) is 0 Å². The number of hydrogen-bond donors (Lipinski definition) is 2. The molecule has 3 N–H and O–H groups in total. The van der Waals surface area contributed by atoms with Gasteiger partial charge < -0.3 is 11.1 Å². The Bertz CT molecular complexity index is 568. The quantitative estimate of drug-likeness (QED) is 0.861. The normalized spacial score (nSPS) is 24.9. The number of nitrogens with one attached hydrogen (secondary N) is 1. The molecule has 1 aliphatic rings. The van der Waals surface area contributed by atoms with Crippen LogP contribution in [0.4, 0.5) is 5.69 Å². The topological polar surface area (TPSA) is 96.0 Å². The maximum atomic E-state index is 12.1.